The van der Waals surface area contributed by atoms with Crippen LogP contribution < -0.4 is 9.47 Å². The van der Waals surface area contributed by atoms with Crippen molar-refractivity contribution < 1.29 is 18.8 Å². The smallest absolute Gasteiger partial charge is 0.228 e. The molecule has 4 rings (SSSR count). The van der Waals surface area contributed by atoms with Gasteiger partial charge in [-0.1, -0.05) is 41.6 Å². The topological polar surface area (TPSA) is 77.7 Å². The van der Waals surface area contributed by atoms with E-state index in [9.17, 15) is 4.79 Å². The van der Waals surface area contributed by atoms with Crippen molar-refractivity contribution in [2.45, 2.75) is 19.4 Å². The third kappa shape index (κ3) is 5.78. The van der Waals surface area contributed by atoms with Crippen molar-refractivity contribution in [3.63, 3.8) is 0 Å². The van der Waals surface area contributed by atoms with Crippen molar-refractivity contribution in [2.75, 3.05) is 20.8 Å². The molecule has 0 unspecified atom stereocenters. The summed E-state index contributed by atoms with van der Waals surface area (Å²) in [6, 6.07) is 19.4. The van der Waals surface area contributed by atoms with E-state index < -0.39 is 0 Å². The zero-order valence-electron chi connectivity index (χ0n) is 18.6. The summed E-state index contributed by atoms with van der Waals surface area (Å²) >= 11 is 1.59. The van der Waals surface area contributed by atoms with Gasteiger partial charge >= 0.3 is 0 Å². The molecular weight excluding hydrogens is 438 g/mol. The van der Waals surface area contributed by atoms with Crippen LogP contribution in [0.25, 0.3) is 11.4 Å². The maximum atomic E-state index is 13.0. The molecule has 2 heterocycles. The molecule has 2 aromatic heterocycles. The first-order valence-electron chi connectivity index (χ1n) is 10.6. The fraction of sp³-hybridized carbons (Fsp3) is 0.240. The van der Waals surface area contributed by atoms with Gasteiger partial charge in [0.1, 0.15) is 0 Å². The molecule has 0 saturated heterocycles. The number of thiophene rings is 1. The van der Waals surface area contributed by atoms with Gasteiger partial charge in [-0.2, -0.15) is 4.98 Å². The number of benzene rings is 2. The molecule has 2 aromatic carbocycles. The summed E-state index contributed by atoms with van der Waals surface area (Å²) in [5.74, 6) is 2.23. The summed E-state index contributed by atoms with van der Waals surface area (Å²) in [5, 5.41) is 6.09. The van der Waals surface area contributed by atoms with E-state index in [2.05, 4.69) is 10.1 Å². The van der Waals surface area contributed by atoms with Gasteiger partial charge in [0.15, 0.2) is 11.5 Å². The molecular formula is C25H25N3O4S. The van der Waals surface area contributed by atoms with Crippen LogP contribution in [-0.2, 0) is 24.2 Å². The van der Waals surface area contributed by atoms with Crippen LogP contribution in [0.15, 0.2) is 70.6 Å². The predicted molar refractivity (Wildman–Crippen MR) is 126 cm³/mol. The average Bonchev–Trinajstić information content (AvgIpc) is 3.54. The molecule has 0 aliphatic carbocycles. The van der Waals surface area contributed by atoms with Crippen LogP contribution in [0.3, 0.4) is 0 Å². The first kappa shape index (κ1) is 22.5. The van der Waals surface area contributed by atoms with Gasteiger partial charge < -0.3 is 18.9 Å². The Morgan fingerprint density at radius 1 is 1.03 bits per heavy atom. The molecule has 0 bridgehead atoms. The summed E-state index contributed by atoms with van der Waals surface area (Å²) in [6.07, 6.45) is 0.842. The van der Waals surface area contributed by atoms with E-state index in [1.54, 1.807) is 37.7 Å². The molecule has 170 valence electrons. The van der Waals surface area contributed by atoms with E-state index >= 15 is 0 Å². The van der Waals surface area contributed by atoms with Gasteiger partial charge in [-0.05, 0) is 35.2 Å². The van der Waals surface area contributed by atoms with Crippen molar-refractivity contribution in [3.8, 4) is 22.9 Å². The van der Waals surface area contributed by atoms with Crippen molar-refractivity contribution in [1.82, 2.24) is 15.0 Å². The van der Waals surface area contributed by atoms with Crippen LogP contribution in [0.5, 0.6) is 11.5 Å². The van der Waals surface area contributed by atoms with E-state index in [1.165, 1.54) is 0 Å². The lowest BCUT2D eigenvalue weighted by Gasteiger charge is -2.22. The molecule has 0 N–H and O–H groups in total. The standard InChI is InChI=1S/C25H25N3O4S/c1-30-21-11-10-19(15-22(21)31-2)25-26-23(32-27-25)12-13-28(17-18-7-4-3-5-8-18)24(29)16-20-9-6-14-33-20/h3-11,14-15H,12-13,16-17H2,1-2H3. The van der Waals surface area contributed by atoms with Crippen LogP contribution >= 0.6 is 11.3 Å². The van der Waals surface area contributed by atoms with E-state index in [0.29, 0.717) is 49.1 Å². The SMILES string of the molecule is COc1ccc(-c2noc(CCN(Cc3ccccc3)C(=O)Cc3cccs3)n2)cc1OC. The molecule has 0 fully saturated rings. The maximum absolute atomic E-state index is 13.0. The first-order chi connectivity index (χ1) is 16.2. The van der Waals surface area contributed by atoms with Crippen molar-refractivity contribution in [1.29, 1.82) is 0 Å². The third-order valence-corrected chi connectivity index (χ3v) is 6.06. The lowest BCUT2D eigenvalue weighted by Crippen LogP contribution is -2.33. The average molecular weight is 464 g/mol. The zero-order valence-corrected chi connectivity index (χ0v) is 19.4. The van der Waals surface area contributed by atoms with Gasteiger partial charge in [-0.15, -0.1) is 11.3 Å². The monoisotopic (exact) mass is 463 g/mol. The quantitative estimate of drug-likeness (QED) is 0.341. The molecule has 0 aliphatic heterocycles. The summed E-state index contributed by atoms with van der Waals surface area (Å²) in [7, 11) is 3.17. The van der Waals surface area contributed by atoms with E-state index in [1.807, 2.05) is 58.8 Å². The van der Waals surface area contributed by atoms with Crippen LogP contribution in [0, 0.1) is 0 Å². The summed E-state index contributed by atoms with van der Waals surface area (Å²) in [6.45, 7) is 1.01. The molecule has 0 spiro atoms. The van der Waals surface area contributed by atoms with Crippen molar-refractivity contribution in [3.05, 3.63) is 82.4 Å². The Morgan fingerprint density at radius 2 is 1.85 bits per heavy atom. The summed E-state index contributed by atoms with van der Waals surface area (Å²) < 4.78 is 16.1. The zero-order chi connectivity index (χ0) is 23.0. The Kier molecular flexibility index (Phi) is 7.36. The molecule has 7 nitrogen and oxygen atoms in total. The second-order valence-electron chi connectivity index (χ2n) is 7.39. The molecule has 0 aliphatic rings. The number of carbonyl (C=O) groups is 1. The number of carbonyl (C=O) groups excluding carboxylic acids is 1. The number of amides is 1. The van der Waals surface area contributed by atoms with Crippen LogP contribution in [0.2, 0.25) is 0 Å². The fourth-order valence-corrected chi connectivity index (χ4v) is 4.15. The van der Waals surface area contributed by atoms with Gasteiger partial charge in [0.2, 0.25) is 17.6 Å². The Hall–Kier alpha value is -3.65. The Bertz CT molecular complexity index is 1180. The van der Waals surface area contributed by atoms with Crippen LogP contribution in [0.4, 0.5) is 0 Å². The van der Waals surface area contributed by atoms with Gasteiger partial charge in [-0.25, -0.2) is 0 Å². The Labute approximate surface area is 196 Å². The summed E-state index contributed by atoms with van der Waals surface area (Å²) in [5.41, 5.74) is 1.84. The molecule has 8 heteroatoms. The van der Waals surface area contributed by atoms with Gasteiger partial charge in [-0.3, -0.25) is 4.79 Å². The predicted octanol–water partition coefficient (Wildman–Crippen LogP) is 4.63. The molecule has 33 heavy (non-hydrogen) atoms. The normalized spacial score (nSPS) is 10.7. The molecule has 0 radical (unpaired) electrons. The minimum atomic E-state index is 0.0703. The number of hydrogen-bond donors (Lipinski definition) is 0. The molecule has 4 aromatic rings. The molecule has 1 amide bonds. The van der Waals surface area contributed by atoms with Crippen LogP contribution in [0.1, 0.15) is 16.3 Å². The summed E-state index contributed by atoms with van der Waals surface area (Å²) in [4.78, 5) is 20.4. The van der Waals surface area contributed by atoms with Gasteiger partial charge in [0.25, 0.3) is 0 Å². The molecule has 0 atom stereocenters. The largest absolute Gasteiger partial charge is 0.493 e. The minimum Gasteiger partial charge on any atom is -0.493 e. The lowest BCUT2D eigenvalue weighted by atomic mass is 10.2. The van der Waals surface area contributed by atoms with Gasteiger partial charge in [0, 0.05) is 30.0 Å². The number of ether oxygens (including phenoxy) is 2. The second-order valence-corrected chi connectivity index (χ2v) is 8.42. The highest BCUT2D eigenvalue weighted by Gasteiger charge is 2.18. The lowest BCUT2D eigenvalue weighted by molar-refractivity contribution is -0.131. The fourth-order valence-electron chi connectivity index (χ4n) is 3.45. The maximum Gasteiger partial charge on any atom is 0.228 e. The highest BCUT2D eigenvalue weighted by Crippen LogP contribution is 2.31. The Morgan fingerprint density at radius 3 is 2.58 bits per heavy atom. The van der Waals surface area contributed by atoms with Crippen molar-refractivity contribution in [2.24, 2.45) is 0 Å². The van der Waals surface area contributed by atoms with Gasteiger partial charge in [0.05, 0.1) is 20.6 Å². The Balaban J connectivity index is 1.46. The molecule has 0 saturated carbocycles. The first-order valence-corrected chi connectivity index (χ1v) is 11.4. The number of methoxy groups -OCH3 is 2. The number of hydrogen-bond acceptors (Lipinski definition) is 7. The number of rotatable bonds is 10. The highest BCUT2D eigenvalue weighted by molar-refractivity contribution is 7.10. The second kappa shape index (κ2) is 10.8. The number of aromatic nitrogens is 2. The van der Waals surface area contributed by atoms with Crippen molar-refractivity contribution >= 4 is 17.2 Å². The van der Waals surface area contributed by atoms with E-state index in [0.717, 1.165) is 16.0 Å². The van der Waals surface area contributed by atoms with E-state index in [-0.39, 0.29) is 5.91 Å². The van der Waals surface area contributed by atoms with Crippen LogP contribution in [-0.4, -0.2) is 41.7 Å². The van der Waals surface area contributed by atoms with E-state index in [4.69, 9.17) is 14.0 Å². The third-order valence-electron chi connectivity index (χ3n) is 5.18. The highest BCUT2D eigenvalue weighted by atomic mass is 32.1. The minimum absolute atomic E-state index is 0.0703. The number of nitrogens with zero attached hydrogens (tertiary/aromatic N) is 3.